The molecule has 0 saturated carbocycles. The third-order valence-corrected chi connectivity index (χ3v) is 10.6. The number of rotatable bonds is 44. The van der Waals surface area contributed by atoms with E-state index in [9.17, 15) is 14.4 Å². The van der Waals surface area contributed by atoms with Crippen molar-refractivity contribution < 1.29 is 28.6 Å². The zero-order valence-electron chi connectivity index (χ0n) is 37.9. The van der Waals surface area contributed by atoms with Gasteiger partial charge in [-0.05, 0) is 89.9 Å². The Kier molecular flexibility index (Phi) is 44.4. The first-order valence-corrected chi connectivity index (χ1v) is 24.5. The number of hydrogen-bond acceptors (Lipinski definition) is 6. The smallest absolute Gasteiger partial charge is 0.306 e. The van der Waals surface area contributed by atoms with Crippen molar-refractivity contribution >= 4 is 17.9 Å². The van der Waals surface area contributed by atoms with Gasteiger partial charge in [0.25, 0.3) is 0 Å². The van der Waals surface area contributed by atoms with Gasteiger partial charge in [0.2, 0.25) is 0 Å². The molecule has 0 fully saturated rings. The van der Waals surface area contributed by atoms with Gasteiger partial charge < -0.3 is 14.2 Å². The zero-order valence-corrected chi connectivity index (χ0v) is 37.9. The Hall–Kier alpha value is -2.37. The number of carbonyl (C=O) groups excluding carboxylic acids is 3. The van der Waals surface area contributed by atoms with E-state index in [0.29, 0.717) is 19.3 Å². The molecule has 1 unspecified atom stereocenters. The lowest BCUT2D eigenvalue weighted by molar-refractivity contribution is -0.167. The summed E-state index contributed by atoms with van der Waals surface area (Å²) in [6.45, 7) is 6.56. The van der Waals surface area contributed by atoms with Gasteiger partial charge in [-0.15, -0.1) is 0 Å². The Labute approximate surface area is 353 Å². The normalized spacial score (nSPS) is 12.3. The molecule has 0 spiro atoms. The summed E-state index contributed by atoms with van der Waals surface area (Å²) in [5, 5.41) is 0. The molecule has 57 heavy (non-hydrogen) atoms. The predicted octanol–water partition coefficient (Wildman–Crippen LogP) is 15.8. The standard InChI is InChI=1S/C51H92O6/c1-4-7-10-13-16-19-22-24-26-29-32-35-38-41-44-50(53)56-47-48(46-55-49(52)43-40-37-34-31-28-21-18-15-12-9-6-3)57-51(54)45-42-39-36-33-30-27-25-23-20-17-14-11-8-5-2/h15,18,26-27,29-30,48H,4-14,16-17,19-25,28,31-47H2,1-3H3/b18-15-,29-26-,30-27-. The number of unbranched alkanes of at least 4 members (excludes halogenated alkanes) is 27. The molecule has 0 aromatic rings. The van der Waals surface area contributed by atoms with Crippen molar-refractivity contribution in [3.63, 3.8) is 0 Å². The lowest BCUT2D eigenvalue weighted by Crippen LogP contribution is -2.30. The van der Waals surface area contributed by atoms with Crippen LogP contribution in [-0.4, -0.2) is 37.2 Å². The summed E-state index contributed by atoms with van der Waals surface area (Å²) in [5.74, 6) is -0.923. The van der Waals surface area contributed by atoms with E-state index in [0.717, 1.165) is 89.9 Å². The molecule has 0 heterocycles. The van der Waals surface area contributed by atoms with Gasteiger partial charge in [0.05, 0.1) is 0 Å². The number of carbonyl (C=O) groups is 3. The van der Waals surface area contributed by atoms with Crippen molar-refractivity contribution in [1.29, 1.82) is 0 Å². The average Bonchev–Trinajstić information content (AvgIpc) is 3.21. The summed E-state index contributed by atoms with van der Waals surface area (Å²) in [7, 11) is 0. The largest absolute Gasteiger partial charge is 0.462 e. The Morgan fingerprint density at radius 2 is 0.596 bits per heavy atom. The van der Waals surface area contributed by atoms with Crippen LogP contribution in [0.25, 0.3) is 0 Å². The monoisotopic (exact) mass is 801 g/mol. The Balaban J connectivity index is 4.41. The molecule has 6 nitrogen and oxygen atoms in total. The van der Waals surface area contributed by atoms with Gasteiger partial charge in [0.15, 0.2) is 6.10 Å². The summed E-state index contributed by atoms with van der Waals surface area (Å²) in [4.78, 5) is 37.8. The first-order chi connectivity index (χ1) is 28.0. The molecular formula is C51H92O6. The van der Waals surface area contributed by atoms with Gasteiger partial charge in [0.1, 0.15) is 13.2 Å². The summed E-state index contributed by atoms with van der Waals surface area (Å²) in [6, 6.07) is 0. The van der Waals surface area contributed by atoms with Crippen molar-refractivity contribution in [1.82, 2.24) is 0 Å². The second-order valence-electron chi connectivity index (χ2n) is 16.4. The highest BCUT2D eigenvalue weighted by Crippen LogP contribution is 2.14. The minimum atomic E-state index is -0.785. The topological polar surface area (TPSA) is 78.9 Å². The van der Waals surface area contributed by atoms with E-state index in [2.05, 4.69) is 57.2 Å². The molecule has 0 aromatic carbocycles. The van der Waals surface area contributed by atoms with Crippen molar-refractivity contribution in [2.24, 2.45) is 0 Å². The van der Waals surface area contributed by atoms with Crippen molar-refractivity contribution in [2.75, 3.05) is 13.2 Å². The van der Waals surface area contributed by atoms with E-state index in [1.54, 1.807) is 0 Å². The van der Waals surface area contributed by atoms with Crippen LogP contribution in [0.3, 0.4) is 0 Å². The maximum absolute atomic E-state index is 12.7. The summed E-state index contributed by atoms with van der Waals surface area (Å²) in [5.41, 5.74) is 0. The van der Waals surface area contributed by atoms with Gasteiger partial charge in [-0.25, -0.2) is 0 Å². The van der Waals surface area contributed by atoms with E-state index in [1.165, 1.54) is 122 Å². The molecule has 0 rings (SSSR count). The second kappa shape index (κ2) is 46.3. The third-order valence-electron chi connectivity index (χ3n) is 10.6. The Bertz CT molecular complexity index is 969. The van der Waals surface area contributed by atoms with Crippen molar-refractivity contribution in [2.45, 2.75) is 258 Å². The van der Waals surface area contributed by atoms with Crippen LogP contribution < -0.4 is 0 Å². The Morgan fingerprint density at radius 3 is 0.947 bits per heavy atom. The highest BCUT2D eigenvalue weighted by atomic mass is 16.6. The first-order valence-electron chi connectivity index (χ1n) is 24.5. The number of ether oxygens (including phenoxy) is 3. The average molecular weight is 801 g/mol. The fourth-order valence-corrected chi connectivity index (χ4v) is 6.82. The number of allylic oxidation sites excluding steroid dienone is 6. The van der Waals surface area contributed by atoms with E-state index in [-0.39, 0.29) is 31.1 Å². The van der Waals surface area contributed by atoms with Crippen LogP contribution in [0.4, 0.5) is 0 Å². The molecule has 0 N–H and O–H groups in total. The van der Waals surface area contributed by atoms with E-state index >= 15 is 0 Å². The van der Waals surface area contributed by atoms with E-state index in [4.69, 9.17) is 14.2 Å². The minimum absolute atomic E-state index is 0.0864. The molecule has 0 bridgehead atoms. The summed E-state index contributed by atoms with van der Waals surface area (Å²) < 4.78 is 16.7. The van der Waals surface area contributed by atoms with Crippen LogP contribution in [0, 0.1) is 0 Å². The zero-order chi connectivity index (χ0) is 41.5. The maximum atomic E-state index is 12.7. The maximum Gasteiger partial charge on any atom is 0.306 e. The number of hydrogen-bond donors (Lipinski definition) is 0. The van der Waals surface area contributed by atoms with Gasteiger partial charge in [-0.3, -0.25) is 14.4 Å². The van der Waals surface area contributed by atoms with Crippen LogP contribution >= 0.6 is 0 Å². The van der Waals surface area contributed by atoms with E-state index in [1.807, 2.05) is 0 Å². The fourth-order valence-electron chi connectivity index (χ4n) is 6.82. The first kappa shape index (κ1) is 54.6. The van der Waals surface area contributed by atoms with Crippen molar-refractivity contribution in [3.8, 4) is 0 Å². The highest BCUT2D eigenvalue weighted by molar-refractivity contribution is 5.71. The minimum Gasteiger partial charge on any atom is -0.462 e. The molecule has 0 aliphatic rings. The van der Waals surface area contributed by atoms with Crippen LogP contribution in [0.5, 0.6) is 0 Å². The van der Waals surface area contributed by atoms with Crippen LogP contribution in [0.15, 0.2) is 36.5 Å². The van der Waals surface area contributed by atoms with Crippen LogP contribution in [0.1, 0.15) is 252 Å². The van der Waals surface area contributed by atoms with Crippen molar-refractivity contribution in [3.05, 3.63) is 36.5 Å². The molecule has 6 heteroatoms. The van der Waals surface area contributed by atoms with E-state index < -0.39 is 6.10 Å². The quantitative estimate of drug-likeness (QED) is 0.0264. The third kappa shape index (κ3) is 44.6. The Morgan fingerprint density at radius 1 is 0.333 bits per heavy atom. The summed E-state index contributed by atoms with van der Waals surface area (Å²) in [6.07, 6.45) is 52.7. The fraction of sp³-hybridized carbons (Fsp3) is 0.824. The molecule has 0 amide bonds. The predicted molar refractivity (Wildman–Crippen MR) is 242 cm³/mol. The van der Waals surface area contributed by atoms with Crippen LogP contribution in [0.2, 0.25) is 0 Å². The molecular weight excluding hydrogens is 709 g/mol. The van der Waals surface area contributed by atoms with Gasteiger partial charge in [0, 0.05) is 19.3 Å². The molecule has 0 aliphatic heterocycles. The van der Waals surface area contributed by atoms with Crippen LogP contribution in [-0.2, 0) is 28.6 Å². The van der Waals surface area contributed by atoms with Gasteiger partial charge in [-0.2, -0.15) is 0 Å². The molecule has 1 atom stereocenters. The molecule has 0 radical (unpaired) electrons. The lowest BCUT2D eigenvalue weighted by Gasteiger charge is -2.18. The number of esters is 3. The molecule has 0 aliphatic carbocycles. The SMILES string of the molecule is CCCC/C=C\CCCCCCCC(=O)OCC(COC(=O)CCCCC/C=C\CCCCCCCCC)OC(=O)CCCCC/C=C\CCCCCCCCC. The lowest BCUT2D eigenvalue weighted by atomic mass is 10.1. The summed E-state index contributed by atoms with van der Waals surface area (Å²) >= 11 is 0. The highest BCUT2D eigenvalue weighted by Gasteiger charge is 2.19. The van der Waals surface area contributed by atoms with Gasteiger partial charge >= 0.3 is 17.9 Å². The molecule has 332 valence electrons. The van der Waals surface area contributed by atoms with Gasteiger partial charge in [-0.1, -0.05) is 179 Å². The second-order valence-corrected chi connectivity index (χ2v) is 16.4. The molecule has 0 saturated heterocycles. The molecule has 0 aromatic heterocycles.